The van der Waals surface area contributed by atoms with Crippen molar-refractivity contribution in [3.63, 3.8) is 0 Å². The molecule has 0 saturated carbocycles. The second kappa shape index (κ2) is 4.31. The highest BCUT2D eigenvalue weighted by atomic mass is 32.1. The Morgan fingerprint density at radius 2 is 2.20 bits per heavy atom. The van der Waals surface area contributed by atoms with Gasteiger partial charge in [0.05, 0.1) is 0 Å². The molecular formula is C11H10FNOS. The Morgan fingerprint density at radius 3 is 2.87 bits per heavy atom. The van der Waals surface area contributed by atoms with Crippen molar-refractivity contribution in [2.75, 3.05) is 5.32 Å². The monoisotopic (exact) mass is 223 g/mol. The van der Waals surface area contributed by atoms with Gasteiger partial charge in [0, 0.05) is 18.3 Å². The van der Waals surface area contributed by atoms with Crippen molar-refractivity contribution in [1.82, 2.24) is 0 Å². The number of anilines is 1. The van der Waals surface area contributed by atoms with Crippen molar-refractivity contribution in [3.05, 3.63) is 46.4 Å². The Morgan fingerprint density at radius 1 is 1.33 bits per heavy atom. The summed E-state index contributed by atoms with van der Waals surface area (Å²) in [6, 6.07) is 6.27. The molecule has 1 aromatic heterocycles. The van der Waals surface area contributed by atoms with Gasteiger partial charge in [-0.25, -0.2) is 4.39 Å². The Kier molecular flexibility index (Phi) is 2.87. The molecule has 0 aliphatic carbocycles. The molecule has 2 aromatic rings. The van der Waals surface area contributed by atoms with Crippen LogP contribution in [0, 0.1) is 5.82 Å². The fourth-order valence-corrected chi connectivity index (χ4v) is 1.88. The molecule has 1 aromatic carbocycles. The van der Waals surface area contributed by atoms with Crippen molar-refractivity contribution in [2.24, 2.45) is 0 Å². The summed E-state index contributed by atoms with van der Waals surface area (Å²) < 4.78 is 13.0. The van der Waals surface area contributed by atoms with Crippen LogP contribution in [-0.2, 0) is 6.54 Å². The number of hydrogen-bond donors (Lipinski definition) is 2. The fraction of sp³-hybridized carbons (Fsp3) is 0.0909. The summed E-state index contributed by atoms with van der Waals surface area (Å²) in [6.45, 7) is 0.660. The van der Waals surface area contributed by atoms with Gasteiger partial charge in [0.15, 0.2) is 11.6 Å². The van der Waals surface area contributed by atoms with E-state index in [4.69, 9.17) is 5.11 Å². The first-order valence-corrected chi connectivity index (χ1v) is 5.43. The first-order chi connectivity index (χ1) is 7.25. The minimum atomic E-state index is -0.606. The molecule has 2 N–H and O–H groups in total. The van der Waals surface area contributed by atoms with Crippen molar-refractivity contribution in [3.8, 4) is 5.75 Å². The standard InChI is InChI=1S/C11H10FNOS/c12-10-5-9(1-2-11(10)14)13-6-8-3-4-15-7-8/h1-5,7,13-14H,6H2. The number of nitrogens with one attached hydrogen (secondary N) is 1. The molecule has 0 radical (unpaired) electrons. The van der Waals surface area contributed by atoms with Gasteiger partial charge >= 0.3 is 0 Å². The molecule has 0 aliphatic rings. The number of benzene rings is 1. The second-order valence-electron chi connectivity index (χ2n) is 3.15. The van der Waals surface area contributed by atoms with E-state index in [-0.39, 0.29) is 5.75 Å². The van der Waals surface area contributed by atoms with Gasteiger partial charge in [-0.15, -0.1) is 0 Å². The smallest absolute Gasteiger partial charge is 0.166 e. The van der Waals surface area contributed by atoms with Crippen molar-refractivity contribution < 1.29 is 9.50 Å². The highest BCUT2D eigenvalue weighted by Gasteiger charge is 2.01. The molecule has 78 valence electrons. The predicted molar refractivity (Wildman–Crippen MR) is 59.7 cm³/mol. The van der Waals surface area contributed by atoms with Gasteiger partial charge < -0.3 is 10.4 Å². The Labute approximate surface area is 91.0 Å². The summed E-state index contributed by atoms with van der Waals surface area (Å²) in [5.41, 5.74) is 1.82. The lowest BCUT2D eigenvalue weighted by Gasteiger charge is -2.05. The van der Waals surface area contributed by atoms with E-state index in [0.29, 0.717) is 12.2 Å². The second-order valence-corrected chi connectivity index (χ2v) is 3.93. The molecule has 0 fully saturated rings. The zero-order chi connectivity index (χ0) is 10.7. The van der Waals surface area contributed by atoms with Gasteiger partial charge in [0.1, 0.15) is 0 Å². The predicted octanol–water partition coefficient (Wildman–Crippen LogP) is 3.20. The van der Waals surface area contributed by atoms with Gasteiger partial charge in [-0.1, -0.05) is 0 Å². The Bertz CT molecular complexity index is 442. The van der Waals surface area contributed by atoms with Gasteiger partial charge in [-0.05, 0) is 34.5 Å². The number of halogens is 1. The molecule has 0 unspecified atom stereocenters. The van der Waals surface area contributed by atoms with E-state index in [1.807, 2.05) is 16.8 Å². The van der Waals surface area contributed by atoms with Gasteiger partial charge in [-0.2, -0.15) is 11.3 Å². The molecule has 1 heterocycles. The third kappa shape index (κ3) is 2.47. The zero-order valence-electron chi connectivity index (χ0n) is 7.90. The van der Waals surface area contributed by atoms with Crippen molar-refractivity contribution >= 4 is 17.0 Å². The SMILES string of the molecule is Oc1ccc(NCc2ccsc2)cc1F. The van der Waals surface area contributed by atoms with E-state index < -0.39 is 5.82 Å². The molecule has 0 amide bonds. The minimum Gasteiger partial charge on any atom is -0.505 e. The van der Waals surface area contributed by atoms with Crippen LogP contribution >= 0.6 is 11.3 Å². The molecule has 4 heteroatoms. The van der Waals surface area contributed by atoms with Crippen LogP contribution in [0.3, 0.4) is 0 Å². The lowest BCUT2D eigenvalue weighted by atomic mass is 10.2. The molecule has 0 bridgehead atoms. The number of thiophene rings is 1. The van der Waals surface area contributed by atoms with Crippen LogP contribution in [0.4, 0.5) is 10.1 Å². The van der Waals surface area contributed by atoms with E-state index in [9.17, 15) is 4.39 Å². The van der Waals surface area contributed by atoms with E-state index in [1.54, 1.807) is 17.4 Å². The number of phenols is 1. The minimum absolute atomic E-state index is 0.323. The van der Waals surface area contributed by atoms with Gasteiger partial charge in [-0.3, -0.25) is 0 Å². The normalized spacial score (nSPS) is 10.2. The lowest BCUT2D eigenvalue weighted by molar-refractivity contribution is 0.432. The summed E-state index contributed by atoms with van der Waals surface area (Å²) in [5.74, 6) is -0.929. The van der Waals surface area contributed by atoms with Crippen molar-refractivity contribution in [1.29, 1.82) is 0 Å². The third-order valence-electron chi connectivity index (χ3n) is 2.02. The first kappa shape index (κ1) is 9.98. The summed E-state index contributed by atoms with van der Waals surface area (Å²) in [5, 5.41) is 16.1. The van der Waals surface area contributed by atoms with Crippen LogP contribution in [0.1, 0.15) is 5.56 Å². The fourth-order valence-electron chi connectivity index (χ4n) is 1.21. The molecule has 0 aliphatic heterocycles. The largest absolute Gasteiger partial charge is 0.505 e. The summed E-state index contributed by atoms with van der Waals surface area (Å²) in [4.78, 5) is 0. The molecule has 0 atom stereocenters. The Hall–Kier alpha value is -1.55. The average Bonchev–Trinajstić information content (AvgIpc) is 2.73. The highest BCUT2D eigenvalue weighted by molar-refractivity contribution is 7.07. The summed E-state index contributed by atoms with van der Waals surface area (Å²) in [7, 11) is 0. The number of hydrogen-bond acceptors (Lipinski definition) is 3. The molecule has 2 nitrogen and oxygen atoms in total. The zero-order valence-corrected chi connectivity index (χ0v) is 8.72. The highest BCUT2D eigenvalue weighted by Crippen LogP contribution is 2.20. The maximum Gasteiger partial charge on any atom is 0.166 e. The lowest BCUT2D eigenvalue weighted by Crippen LogP contribution is -1.98. The molecule has 2 rings (SSSR count). The topological polar surface area (TPSA) is 32.3 Å². The maximum absolute atomic E-state index is 13.0. The van der Waals surface area contributed by atoms with Gasteiger partial charge in [0.2, 0.25) is 0 Å². The summed E-state index contributed by atoms with van der Waals surface area (Å²) in [6.07, 6.45) is 0. The third-order valence-corrected chi connectivity index (χ3v) is 2.76. The van der Waals surface area contributed by atoms with E-state index in [2.05, 4.69) is 5.32 Å². The van der Waals surface area contributed by atoms with Crippen molar-refractivity contribution in [2.45, 2.75) is 6.54 Å². The number of phenolic OH excluding ortho intramolecular Hbond substituents is 1. The van der Waals surface area contributed by atoms with Crippen LogP contribution in [-0.4, -0.2) is 5.11 Å². The van der Waals surface area contributed by atoms with Crippen LogP contribution in [0.2, 0.25) is 0 Å². The van der Waals surface area contributed by atoms with Crippen LogP contribution < -0.4 is 5.32 Å². The van der Waals surface area contributed by atoms with Crippen LogP contribution in [0.25, 0.3) is 0 Å². The molecule has 0 spiro atoms. The van der Waals surface area contributed by atoms with Crippen LogP contribution in [0.5, 0.6) is 5.75 Å². The molecule has 15 heavy (non-hydrogen) atoms. The number of aromatic hydroxyl groups is 1. The van der Waals surface area contributed by atoms with E-state index in [0.717, 1.165) is 5.56 Å². The van der Waals surface area contributed by atoms with Gasteiger partial charge in [0.25, 0.3) is 0 Å². The van der Waals surface area contributed by atoms with E-state index in [1.165, 1.54) is 12.1 Å². The Balaban J connectivity index is 2.02. The molecule has 0 saturated heterocycles. The van der Waals surface area contributed by atoms with Crippen LogP contribution in [0.15, 0.2) is 35.0 Å². The quantitative estimate of drug-likeness (QED) is 0.783. The van der Waals surface area contributed by atoms with E-state index >= 15 is 0 Å². The molecular weight excluding hydrogens is 213 g/mol. The first-order valence-electron chi connectivity index (χ1n) is 4.49. The average molecular weight is 223 g/mol. The maximum atomic E-state index is 13.0. The summed E-state index contributed by atoms with van der Waals surface area (Å²) >= 11 is 1.63. The number of rotatable bonds is 3.